The van der Waals surface area contributed by atoms with E-state index in [4.69, 9.17) is 10.8 Å². The lowest BCUT2D eigenvalue weighted by molar-refractivity contribution is -0.125. The minimum atomic E-state index is -0.407. The van der Waals surface area contributed by atoms with Crippen molar-refractivity contribution in [1.82, 2.24) is 29.9 Å². The molecular formula is C24H22N8O3. The Hall–Kier alpha value is -4.80. The lowest BCUT2D eigenvalue weighted by atomic mass is 10.0. The van der Waals surface area contributed by atoms with Gasteiger partial charge >= 0.3 is 0 Å². The number of carbonyl (C=O) groups excluding carboxylic acids is 2. The van der Waals surface area contributed by atoms with Crippen LogP contribution < -0.4 is 16.6 Å². The number of nitrogens with zero attached hydrogens (tertiary/aromatic N) is 5. The molecule has 11 heteroatoms. The number of likely N-dealkylation sites (tertiary alicyclic amines) is 1. The second kappa shape index (κ2) is 8.86. The number of aromatic amines is 1. The van der Waals surface area contributed by atoms with Crippen LogP contribution >= 0.6 is 0 Å². The number of aromatic nitrogens is 5. The molecule has 0 spiro atoms. The Bertz CT molecular complexity index is 1490. The van der Waals surface area contributed by atoms with Gasteiger partial charge in [0.2, 0.25) is 5.91 Å². The van der Waals surface area contributed by atoms with Crippen molar-refractivity contribution in [3.8, 4) is 5.69 Å². The molecule has 35 heavy (non-hydrogen) atoms. The van der Waals surface area contributed by atoms with Crippen LogP contribution in [0.4, 0.5) is 11.6 Å². The zero-order valence-electron chi connectivity index (χ0n) is 18.6. The van der Waals surface area contributed by atoms with E-state index in [2.05, 4.69) is 27.1 Å². The highest BCUT2D eigenvalue weighted by Crippen LogP contribution is 2.33. The van der Waals surface area contributed by atoms with Crippen molar-refractivity contribution in [2.45, 2.75) is 12.3 Å². The molecule has 11 nitrogen and oxygen atoms in total. The van der Waals surface area contributed by atoms with Crippen molar-refractivity contribution in [2.75, 3.05) is 24.1 Å². The highest BCUT2D eigenvalue weighted by molar-refractivity contribution is 6.03. The summed E-state index contributed by atoms with van der Waals surface area (Å²) in [7, 11) is 0. The number of anilines is 2. The Kier molecular flexibility index (Phi) is 5.57. The van der Waals surface area contributed by atoms with Gasteiger partial charge in [-0.2, -0.15) is 10.2 Å². The fraction of sp³-hybridized carbons (Fsp3) is 0.167. The summed E-state index contributed by atoms with van der Waals surface area (Å²) in [5.41, 5.74) is 7.69. The van der Waals surface area contributed by atoms with Crippen molar-refractivity contribution in [3.63, 3.8) is 0 Å². The number of carbonyl (C=O) groups is 2. The first kappa shape index (κ1) is 22.0. The predicted molar refractivity (Wildman–Crippen MR) is 130 cm³/mol. The van der Waals surface area contributed by atoms with Gasteiger partial charge in [-0.25, -0.2) is 14.8 Å². The molecule has 4 N–H and O–H groups in total. The van der Waals surface area contributed by atoms with E-state index in [9.17, 15) is 14.4 Å². The van der Waals surface area contributed by atoms with Gasteiger partial charge in [0.25, 0.3) is 11.5 Å². The van der Waals surface area contributed by atoms with Crippen molar-refractivity contribution < 1.29 is 9.59 Å². The number of rotatable bonds is 5. The Morgan fingerprint density at radius 1 is 1.20 bits per heavy atom. The molecule has 1 atom stereocenters. The van der Waals surface area contributed by atoms with E-state index in [-0.39, 0.29) is 23.6 Å². The van der Waals surface area contributed by atoms with E-state index in [0.29, 0.717) is 53.2 Å². The third-order valence-electron chi connectivity index (χ3n) is 6.00. The third-order valence-corrected chi connectivity index (χ3v) is 6.00. The van der Waals surface area contributed by atoms with Crippen LogP contribution in [0.1, 0.15) is 28.4 Å². The zero-order chi connectivity index (χ0) is 24.5. The van der Waals surface area contributed by atoms with Gasteiger partial charge in [0.05, 0.1) is 16.8 Å². The molecule has 4 heterocycles. The number of nitrogens with one attached hydrogen (secondary N) is 2. The van der Waals surface area contributed by atoms with Crippen molar-refractivity contribution in [2.24, 2.45) is 0 Å². The number of H-pyrrole nitrogens is 1. The summed E-state index contributed by atoms with van der Waals surface area (Å²) in [6.45, 7) is 4.51. The Labute approximate surface area is 199 Å². The fourth-order valence-corrected chi connectivity index (χ4v) is 4.28. The summed E-state index contributed by atoms with van der Waals surface area (Å²) in [5, 5.41) is 14.1. The highest BCUT2D eigenvalue weighted by atomic mass is 16.2. The minimum Gasteiger partial charge on any atom is -0.380 e. The first-order chi connectivity index (χ1) is 17.0. The van der Waals surface area contributed by atoms with Gasteiger partial charge in [-0.1, -0.05) is 12.6 Å². The monoisotopic (exact) mass is 470 g/mol. The average molecular weight is 470 g/mol. The molecule has 0 unspecified atom stereocenters. The highest BCUT2D eigenvalue weighted by Gasteiger charge is 2.31. The first-order valence-electron chi connectivity index (χ1n) is 11.0. The van der Waals surface area contributed by atoms with E-state index < -0.39 is 5.56 Å². The van der Waals surface area contributed by atoms with Crippen molar-refractivity contribution in [1.29, 1.82) is 0 Å². The predicted octanol–water partition coefficient (Wildman–Crippen LogP) is 1.84. The number of hydrogen-bond acceptors (Lipinski definition) is 7. The van der Waals surface area contributed by atoms with Crippen LogP contribution in [0.15, 0.2) is 66.1 Å². The first-order valence-corrected chi connectivity index (χ1v) is 11.0. The van der Waals surface area contributed by atoms with Crippen LogP contribution in [-0.4, -0.2) is 54.8 Å². The van der Waals surface area contributed by atoms with Crippen LogP contribution in [0.2, 0.25) is 0 Å². The normalized spacial score (nSPS) is 15.3. The maximum Gasteiger partial charge on any atom is 0.275 e. The Balaban J connectivity index is 1.51. The molecule has 1 fully saturated rings. The summed E-state index contributed by atoms with van der Waals surface area (Å²) < 4.78 is 1.56. The Morgan fingerprint density at radius 2 is 2.00 bits per heavy atom. The largest absolute Gasteiger partial charge is 0.380 e. The van der Waals surface area contributed by atoms with Gasteiger partial charge in [-0.05, 0) is 48.9 Å². The molecule has 1 aliphatic heterocycles. The lowest BCUT2D eigenvalue weighted by Crippen LogP contribution is -2.26. The molecule has 1 aliphatic rings. The molecule has 0 aliphatic carbocycles. The van der Waals surface area contributed by atoms with Gasteiger partial charge in [-0.3, -0.25) is 14.4 Å². The zero-order valence-corrected chi connectivity index (χ0v) is 18.6. The molecule has 0 saturated carbocycles. The molecule has 2 amide bonds. The average Bonchev–Trinajstić information content (AvgIpc) is 3.53. The second-order valence-electron chi connectivity index (χ2n) is 8.15. The van der Waals surface area contributed by atoms with Crippen molar-refractivity contribution in [3.05, 3.63) is 82.9 Å². The van der Waals surface area contributed by atoms with Crippen LogP contribution in [0.3, 0.4) is 0 Å². The summed E-state index contributed by atoms with van der Waals surface area (Å²) in [4.78, 5) is 43.2. The van der Waals surface area contributed by atoms with E-state index in [0.717, 1.165) is 0 Å². The number of fused-ring (bicyclic) bond motifs is 1. The summed E-state index contributed by atoms with van der Waals surface area (Å²) >= 11 is 0. The maximum absolute atomic E-state index is 12.8. The summed E-state index contributed by atoms with van der Waals surface area (Å²) in [6.07, 6.45) is 3.52. The number of nitrogen functional groups attached to an aromatic ring is 1. The number of nitrogens with two attached hydrogens (primary N) is 1. The maximum atomic E-state index is 12.8. The van der Waals surface area contributed by atoms with Gasteiger partial charge in [0, 0.05) is 30.8 Å². The summed E-state index contributed by atoms with van der Waals surface area (Å²) in [5.74, 6) is -0.0491. The second-order valence-corrected chi connectivity index (χ2v) is 8.15. The lowest BCUT2D eigenvalue weighted by Gasteiger charge is -2.13. The van der Waals surface area contributed by atoms with Crippen LogP contribution in [-0.2, 0) is 4.79 Å². The number of pyridine rings is 1. The van der Waals surface area contributed by atoms with Crippen LogP contribution in [0, 0.1) is 0 Å². The molecule has 5 rings (SSSR count). The van der Waals surface area contributed by atoms with Gasteiger partial charge in [0.15, 0.2) is 5.82 Å². The van der Waals surface area contributed by atoms with E-state index in [1.807, 2.05) is 0 Å². The van der Waals surface area contributed by atoms with E-state index >= 15 is 0 Å². The van der Waals surface area contributed by atoms with Crippen LogP contribution in [0.5, 0.6) is 0 Å². The molecule has 1 aromatic carbocycles. The number of hydrogen-bond donors (Lipinski definition) is 3. The van der Waals surface area contributed by atoms with Gasteiger partial charge < -0.3 is 16.0 Å². The third kappa shape index (κ3) is 4.03. The Morgan fingerprint density at radius 3 is 2.71 bits per heavy atom. The SMILES string of the molecule is C=CC(=O)N1CC[C@@H](c2nn(-c3ccc(C(=O)Nc4ccccn4)cc3)c3c(N)n[nH]c(=O)c23)C1. The fourth-order valence-electron chi connectivity index (χ4n) is 4.28. The molecular weight excluding hydrogens is 448 g/mol. The number of benzene rings is 1. The number of amides is 2. The standard InChI is InChI=1S/C24H22N8O3/c1-2-18(33)31-12-10-15(13-31)20-19-21(22(25)28-29-24(19)35)32(30-20)16-8-6-14(7-9-16)23(34)27-17-5-3-4-11-26-17/h2-9,11,15H,1,10,12-13H2,(H2,25,28)(H,29,35)(H,26,27,34)/t15-/m1/s1. The molecule has 176 valence electrons. The molecule has 3 aromatic heterocycles. The molecule has 0 bridgehead atoms. The van der Waals surface area contributed by atoms with Crippen LogP contribution in [0.25, 0.3) is 16.6 Å². The quantitative estimate of drug-likeness (QED) is 0.376. The van der Waals surface area contributed by atoms with Crippen molar-refractivity contribution >= 4 is 34.4 Å². The van der Waals surface area contributed by atoms with E-state index in [1.165, 1.54) is 6.08 Å². The molecule has 1 saturated heterocycles. The van der Waals surface area contributed by atoms with Gasteiger partial charge in [0.1, 0.15) is 11.3 Å². The minimum absolute atomic E-state index is 0.118. The van der Waals surface area contributed by atoms with E-state index in [1.54, 1.807) is 58.2 Å². The molecule has 4 aromatic rings. The van der Waals surface area contributed by atoms with Gasteiger partial charge in [-0.15, -0.1) is 0 Å². The molecule has 0 radical (unpaired) electrons. The topological polar surface area (TPSA) is 152 Å². The smallest absolute Gasteiger partial charge is 0.275 e. The summed E-state index contributed by atoms with van der Waals surface area (Å²) in [6, 6.07) is 12.0.